The summed E-state index contributed by atoms with van der Waals surface area (Å²) < 4.78 is 16.0. The van der Waals surface area contributed by atoms with Gasteiger partial charge in [-0.3, -0.25) is 0 Å². The summed E-state index contributed by atoms with van der Waals surface area (Å²) in [7, 11) is 1.92. The predicted molar refractivity (Wildman–Crippen MR) is 59.3 cm³/mol. The van der Waals surface area contributed by atoms with Gasteiger partial charge < -0.3 is 10.3 Å². The first-order valence-corrected chi connectivity index (χ1v) is 5.46. The van der Waals surface area contributed by atoms with Gasteiger partial charge >= 0.3 is 0 Å². The Kier molecular flexibility index (Phi) is 4.27. The fourth-order valence-corrected chi connectivity index (χ4v) is 1.75. The highest BCUT2D eigenvalue weighted by atomic mass is 19.1. The van der Waals surface area contributed by atoms with Crippen molar-refractivity contribution in [1.29, 1.82) is 0 Å². The third-order valence-corrected chi connectivity index (χ3v) is 2.78. The van der Waals surface area contributed by atoms with Gasteiger partial charge in [-0.05, 0) is 12.8 Å². The van der Waals surface area contributed by atoms with Gasteiger partial charge in [0.15, 0.2) is 0 Å². The normalized spacial score (nSPS) is 15.2. The van der Waals surface area contributed by atoms with E-state index in [1.807, 2.05) is 24.7 Å². The first kappa shape index (κ1) is 12.2. The molecular formula is C11H20FN3. The molecule has 15 heavy (non-hydrogen) atoms. The maximum atomic E-state index is 14.1. The molecule has 3 nitrogen and oxygen atoms in total. The van der Waals surface area contributed by atoms with Crippen LogP contribution in [0, 0.1) is 0 Å². The predicted octanol–water partition coefficient (Wildman–Crippen LogP) is 1.82. The van der Waals surface area contributed by atoms with E-state index in [-0.39, 0.29) is 6.54 Å². The van der Waals surface area contributed by atoms with Crippen LogP contribution in [0.1, 0.15) is 32.0 Å². The van der Waals surface area contributed by atoms with Gasteiger partial charge in [-0.1, -0.05) is 13.3 Å². The zero-order valence-corrected chi connectivity index (χ0v) is 9.54. The summed E-state index contributed by atoms with van der Waals surface area (Å²) in [5, 5.41) is 0. The van der Waals surface area contributed by atoms with Gasteiger partial charge in [-0.2, -0.15) is 0 Å². The fourth-order valence-electron chi connectivity index (χ4n) is 1.75. The molecular weight excluding hydrogens is 193 g/mol. The van der Waals surface area contributed by atoms with Gasteiger partial charge in [0, 0.05) is 32.4 Å². The highest BCUT2D eigenvalue weighted by Crippen LogP contribution is 2.23. The summed E-state index contributed by atoms with van der Waals surface area (Å²) in [6, 6.07) is 0. The zero-order chi connectivity index (χ0) is 11.3. The highest BCUT2D eigenvalue weighted by Gasteiger charge is 2.26. The first-order valence-electron chi connectivity index (χ1n) is 5.46. The van der Waals surface area contributed by atoms with Crippen molar-refractivity contribution in [2.24, 2.45) is 12.8 Å². The number of alkyl halides is 1. The van der Waals surface area contributed by atoms with E-state index < -0.39 is 5.67 Å². The van der Waals surface area contributed by atoms with Crippen LogP contribution >= 0.6 is 0 Å². The van der Waals surface area contributed by atoms with Crippen LogP contribution in [0.25, 0.3) is 0 Å². The summed E-state index contributed by atoms with van der Waals surface area (Å²) >= 11 is 0. The lowest BCUT2D eigenvalue weighted by atomic mass is 9.94. The van der Waals surface area contributed by atoms with E-state index in [0.29, 0.717) is 19.3 Å². The van der Waals surface area contributed by atoms with Gasteiger partial charge in [0.1, 0.15) is 11.5 Å². The second-order valence-corrected chi connectivity index (χ2v) is 4.06. The lowest BCUT2D eigenvalue weighted by Crippen LogP contribution is -2.33. The Balaban J connectivity index is 2.51. The standard InChI is InChI=1S/C11H20FN3/c1-3-5-11(12,9-13)6-4-10-14-7-8-15(10)2/h7-8H,3-6,9,13H2,1-2H3. The maximum absolute atomic E-state index is 14.1. The summed E-state index contributed by atoms with van der Waals surface area (Å²) in [6.45, 7) is 2.08. The van der Waals surface area contributed by atoms with Gasteiger partial charge in [-0.15, -0.1) is 0 Å². The average Bonchev–Trinajstić information content (AvgIpc) is 2.62. The quantitative estimate of drug-likeness (QED) is 0.783. The van der Waals surface area contributed by atoms with Crippen LogP contribution < -0.4 is 5.73 Å². The molecule has 0 aromatic carbocycles. The van der Waals surface area contributed by atoms with Crippen molar-refractivity contribution >= 4 is 0 Å². The van der Waals surface area contributed by atoms with Crippen LogP contribution in [0.2, 0.25) is 0 Å². The molecule has 0 spiro atoms. The Labute approximate surface area is 90.5 Å². The lowest BCUT2D eigenvalue weighted by molar-refractivity contribution is 0.144. The fraction of sp³-hybridized carbons (Fsp3) is 0.727. The van der Waals surface area contributed by atoms with Crippen molar-refractivity contribution < 1.29 is 4.39 Å². The molecule has 1 heterocycles. The number of aryl methyl sites for hydroxylation is 2. The van der Waals surface area contributed by atoms with Crippen LogP contribution in [0.5, 0.6) is 0 Å². The van der Waals surface area contributed by atoms with Crippen molar-refractivity contribution in [2.45, 2.75) is 38.3 Å². The van der Waals surface area contributed by atoms with Crippen molar-refractivity contribution in [3.05, 3.63) is 18.2 Å². The molecule has 1 unspecified atom stereocenters. The van der Waals surface area contributed by atoms with Gasteiger partial charge in [0.2, 0.25) is 0 Å². The SMILES string of the molecule is CCCC(F)(CN)CCc1nccn1C. The minimum Gasteiger partial charge on any atom is -0.338 e. The molecule has 0 radical (unpaired) electrons. The number of hydrogen-bond donors (Lipinski definition) is 1. The lowest BCUT2D eigenvalue weighted by Gasteiger charge is -2.22. The largest absolute Gasteiger partial charge is 0.338 e. The van der Waals surface area contributed by atoms with Crippen molar-refractivity contribution in [3.63, 3.8) is 0 Å². The van der Waals surface area contributed by atoms with E-state index in [2.05, 4.69) is 4.98 Å². The average molecular weight is 213 g/mol. The second kappa shape index (κ2) is 5.26. The molecule has 4 heteroatoms. The second-order valence-electron chi connectivity index (χ2n) is 4.06. The molecule has 0 bridgehead atoms. The molecule has 1 atom stereocenters. The van der Waals surface area contributed by atoms with Crippen LogP contribution in [-0.2, 0) is 13.5 Å². The number of aromatic nitrogens is 2. The number of nitrogens with two attached hydrogens (primary N) is 1. The molecule has 0 aliphatic heterocycles. The van der Waals surface area contributed by atoms with Crippen LogP contribution in [-0.4, -0.2) is 21.8 Å². The van der Waals surface area contributed by atoms with E-state index in [4.69, 9.17) is 5.73 Å². The molecule has 0 saturated carbocycles. The van der Waals surface area contributed by atoms with Crippen LogP contribution in [0.3, 0.4) is 0 Å². The summed E-state index contributed by atoms with van der Waals surface area (Å²) in [5.41, 5.74) is 4.25. The van der Waals surface area contributed by atoms with Crippen molar-refractivity contribution in [1.82, 2.24) is 9.55 Å². The molecule has 1 aromatic rings. The summed E-state index contributed by atoms with van der Waals surface area (Å²) in [5.74, 6) is 0.918. The Hall–Kier alpha value is -0.900. The van der Waals surface area contributed by atoms with E-state index in [0.717, 1.165) is 12.2 Å². The van der Waals surface area contributed by atoms with Gasteiger partial charge in [0.25, 0.3) is 0 Å². The molecule has 0 saturated heterocycles. The molecule has 1 rings (SSSR count). The van der Waals surface area contributed by atoms with Crippen molar-refractivity contribution in [3.8, 4) is 0 Å². The van der Waals surface area contributed by atoms with Crippen molar-refractivity contribution in [2.75, 3.05) is 6.54 Å². The molecule has 0 fully saturated rings. The number of rotatable bonds is 6. The van der Waals surface area contributed by atoms with E-state index in [1.54, 1.807) is 6.20 Å². The zero-order valence-electron chi connectivity index (χ0n) is 9.54. The Morgan fingerprint density at radius 2 is 2.27 bits per heavy atom. The molecule has 0 aliphatic rings. The number of hydrogen-bond acceptors (Lipinski definition) is 2. The smallest absolute Gasteiger partial charge is 0.123 e. The third kappa shape index (κ3) is 3.30. The van der Waals surface area contributed by atoms with E-state index >= 15 is 0 Å². The summed E-state index contributed by atoms with van der Waals surface area (Å²) in [6.07, 6.45) is 6.08. The third-order valence-electron chi connectivity index (χ3n) is 2.78. The van der Waals surface area contributed by atoms with Crippen LogP contribution in [0.4, 0.5) is 4.39 Å². The Morgan fingerprint density at radius 1 is 1.53 bits per heavy atom. The number of halogens is 1. The maximum Gasteiger partial charge on any atom is 0.123 e. The molecule has 0 aliphatic carbocycles. The number of imidazole rings is 1. The molecule has 2 N–H and O–H groups in total. The van der Waals surface area contributed by atoms with Gasteiger partial charge in [0.05, 0.1) is 0 Å². The number of nitrogens with zero attached hydrogens (tertiary/aromatic N) is 2. The van der Waals surface area contributed by atoms with E-state index in [9.17, 15) is 4.39 Å². The topological polar surface area (TPSA) is 43.8 Å². The van der Waals surface area contributed by atoms with Crippen LogP contribution in [0.15, 0.2) is 12.4 Å². The monoisotopic (exact) mass is 213 g/mol. The summed E-state index contributed by atoms with van der Waals surface area (Å²) in [4.78, 5) is 4.17. The van der Waals surface area contributed by atoms with Gasteiger partial charge in [-0.25, -0.2) is 9.37 Å². The first-order chi connectivity index (χ1) is 7.11. The minimum atomic E-state index is -1.22. The Bertz CT molecular complexity index is 298. The molecule has 86 valence electrons. The van der Waals surface area contributed by atoms with E-state index in [1.165, 1.54) is 0 Å². The Morgan fingerprint density at radius 3 is 2.73 bits per heavy atom. The minimum absolute atomic E-state index is 0.102. The molecule has 1 aromatic heterocycles. The molecule has 0 amide bonds. The highest BCUT2D eigenvalue weighted by molar-refractivity contribution is 4.94.